The molecule has 32 heavy (non-hydrogen) atoms. The highest BCUT2D eigenvalue weighted by Crippen LogP contribution is 2.33. The van der Waals surface area contributed by atoms with Crippen LogP contribution in [0.5, 0.6) is 0 Å². The summed E-state index contributed by atoms with van der Waals surface area (Å²) < 4.78 is 1.72. The van der Waals surface area contributed by atoms with Crippen LogP contribution in [-0.2, 0) is 6.54 Å². The summed E-state index contributed by atoms with van der Waals surface area (Å²) in [7, 11) is 1.70. The number of benzene rings is 1. The molecule has 3 N–H and O–H groups in total. The summed E-state index contributed by atoms with van der Waals surface area (Å²) >= 11 is 12.5. The molecule has 0 saturated carbocycles. The molecule has 1 aliphatic rings. The van der Waals surface area contributed by atoms with Crippen molar-refractivity contribution >= 4 is 40.8 Å². The first-order valence-electron chi connectivity index (χ1n) is 10.2. The number of piperidine rings is 1. The Morgan fingerprint density at radius 1 is 1.28 bits per heavy atom. The summed E-state index contributed by atoms with van der Waals surface area (Å²) in [6, 6.07) is 6.86. The first-order valence-corrected chi connectivity index (χ1v) is 11.0. The number of carbonyl (C=O) groups is 2. The average Bonchev–Trinajstić information content (AvgIpc) is 3.20. The molecule has 3 aromatic rings. The molecular formula is C22H23Cl2N5O3. The van der Waals surface area contributed by atoms with E-state index < -0.39 is 6.09 Å². The number of rotatable bonds is 4. The number of aromatic nitrogens is 2. The Morgan fingerprint density at radius 3 is 2.75 bits per heavy atom. The number of pyridine rings is 1. The predicted molar refractivity (Wildman–Crippen MR) is 123 cm³/mol. The Kier molecular flexibility index (Phi) is 6.28. The zero-order valence-electron chi connectivity index (χ0n) is 17.5. The molecule has 168 valence electrons. The minimum atomic E-state index is -0.968. The number of likely N-dealkylation sites (N-methyl/N-ethyl adjacent to an activating group) is 1. The van der Waals surface area contributed by atoms with Gasteiger partial charge in [0.05, 0.1) is 6.20 Å². The van der Waals surface area contributed by atoms with Gasteiger partial charge in [0, 0.05) is 60.1 Å². The van der Waals surface area contributed by atoms with Gasteiger partial charge in [-0.15, -0.1) is 0 Å². The van der Waals surface area contributed by atoms with Gasteiger partial charge in [0.15, 0.2) is 0 Å². The first-order chi connectivity index (χ1) is 15.3. The average molecular weight is 476 g/mol. The molecule has 8 nitrogen and oxygen atoms in total. The molecule has 0 radical (unpaired) electrons. The largest absolute Gasteiger partial charge is 0.465 e. The lowest BCUT2D eigenvalue weighted by Crippen LogP contribution is -2.50. The molecule has 4 rings (SSSR count). The number of likely N-dealkylation sites (tertiary alicyclic amines) is 1. The summed E-state index contributed by atoms with van der Waals surface area (Å²) in [6.07, 6.45) is 3.82. The number of nitrogens with zero attached hydrogens (tertiary/aromatic N) is 4. The summed E-state index contributed by atoms with van der Waals surface area (Å²) in [6.45, 7) is 1.04. The van der Waals surface area contributed by atoms with Crippen molar-refractivity contribution in [3.8, 4) is 11.1 Å². The van der Waals surface area contributed by atoms with E-state index >= 15 is 0 Å². The van der Waals surface area contributed by atoms with Crippen LogP contribution in [0.25, 0.3) is 16.8 Å². The fourth-order valence-electron chi connectivity index (χ4n) is 4.13. The van der Waals surface area contributed by atoms with Crippen molar-refractivity contribution in [1.82, 2.24) is 19.2 Å². The van der Waals surface area contributed by atoms with Gasteiger partial charge < -0.3 is 20.6 Å². The van der Waals surface area contributed by atoms with E-state index in [9.17, 15) is 14.7 Å². The van der Waals surface area contributed by atoms with Crippen molar-refractivity contribution in [3.05, 3.63) is 58.0 Å². The van der Waals surface area contributed by atoms with E-state index in [0.717, 1.165) is 23.1 Å². The highest BCUT2D eigenvalue weighted by atomic mass is 35.5. The van der Waals surface area contributed by atoms with E-state index in [-0.39, 0.29) is 25.0 Å². The topological polar surface area (TPSA) is 104 Å². The molecule has 0 bridgehead atoms. The lowest BCUT2D eigenvalue weighted by molar-refractivity contribution is 0.0600. The quantitative estimate of drug-likeness (QED) is 0.593. The summed E-state index contributed by atoms with van der Waals surface area (Å²) in [5.41, 5.74) is 9.32. The molecule has 0 aliphatic carbocycles. The van der Waals surface area contributed by atoms with Crippen LogP contribution in [-0.4, -0.2) is 62.5 Å². The number of carboxylic acid groups (broad SMARTS) is 1. The highest BCUT2D eigenvalue weighted by Gasteiger charge is 2.30. The molecule has 3 heterocycles. The van der Waals surface area contributed by atoms with E-state index in [1.54, 1.807) is 28.5 Å². The fourth-order valence-corrected chi connectivity index (χ4v) is 4.64. The number of amides is 2. The number of fused-ring (bicyclic) bond motifs is 1. The molecule has 10 heteroatoms. The van der Waals surface area contributed by atoms with Gasteiger partial charge in [-0.05, 0) is 36.6 Å². The fraction of sp³-hybridized carbons (Fsp3) is 0.318. The molecule has 2 amide bonds. The molecule has 1 atom stereocenters. The van der Waals surface area contributed by atoms with Crippen LogP contribution >= 0.6 is 23.2 Å². The maximum Gasteiger partial charge on any atom is 0.407 e. The zero-order chi connectivity index (χ0) is 23.0. The van der Waals surface area contributed by atoms with E-state index in [2.05, 4.69) is 4.98 Å². The Balaban J connectivity index is 1.72. The van der Waals surface area contributed by atoms with Crippen LogP contribution in [0.4, 0.5) is 4.79 Å². The van der Waals surface area contributed by atoms with E-state index in [1.807, 2.05) is 18.3 Å². The van der Waals surface area contributed by atoms with Gasteiger partial charge in [0.25, 0.3) is 5.91 Å². The van der Waals surface area contributed by atoms with Crippen molar-refractivity contribution in [1.29, 1.82) is 0 Å². The number of imidazole rings is 1. The van der Waals surface area contributed by atoms with Crippen LogP contribution < -0.4 is 5.73 Å². The summed E-state index contributed by atoms with van der Waals surface area (Å²) in [5.74, 6) is -0.233. The number of halogens is 2. The number of hydrogen-bond donors (Lipinski definition) is 2. The minimum Gasteiger partial charge on any atom is -0.465 e. The van der Waals surface area contributed by atoms with Crippen LogP contribution in [0.15, 0.2) is 36.7 Å². The Labute approximate surface area is 195 Å². The minimum absolute atomic E-state index is 0.202. The third kappa shape index (κ3) is 4.13. The lowest BCUT2D eigenvalue weighted by atomic mass is 10.0. The number of carbonyl (C=O) groups excluding carboxylic acids is 1. The monoisotopic (exact) mass is 475 g/mol. The van der Waals surface area contributed by atoms with Gasteiger partial charge in [0.1, 0.15) is 11.3 Å². The normalized spacial score (nSPS) is 16.4. The third-order valence-electron chi connectivity index (χ3n) is 5.93. The third-order valence-corrected chi connectivity index (χ3v) is 6.48. The van der Waals surface area contributed by atoms with Crippen molar-refractivity contribution in [3.63, 3.8) is 0 Å². The predicted octanol–water partition coefficient (Wildman–Crippen LogP) is 3.98. The molecule has 1 saturated heterocycles. The van der Waals surface area contributed by atoms with Crippen molar-refractivity contribution in [2.24, 2.45) is 5.73 Å². The SMILES string of the molecule is CN(C(=O)c1cnc2cc(CN)c(-c3ccc(Cl)cc3Cl)cn12)C1CCCN(C(=O)O)C1. The maximum atomic E-state index is 13.3. The van der Waals surface area contributed by atoms with E-state index in [4.69, 9.17) is 28.9 Å². The smallest absolute Gasteiger partial charge is 0.407 e. The highest BCUT2D eigenvalue weighted by molar-refractivity contribution is 6.36. The van der Waals surface area contributed by atoms with E-state index in [1.165, 1.54) is 11.1 Å². The molecule has 1 aromatic carbocycles. The molecule has 1 aliphatic heterocycles. The zero-order valence-corrected chi connectivity index (χ0v) is 19.0. The second-order valence-electron chi connectivity index (χ2n) is 7.85. The molecule has 2 aromatic heterocycles. The second kappa shape index (κ2) is 8.97. The van der Waals surface area contributed by atoms with Gasteiger partial charge in [-0.1, -0.05) is 29.3 Å². The second-order valence-corrected chi connectivity index (χ2v) is 8.70. The standard InChI is InChI=1S/C22H23Cl2N5O3/c1-27(15-3-2-6-28(11-15)22(31)32)21(30)19-10-26-20-7-13(9-25)17(12-29(19)20)16-5-4-14(23)8-18(16)24/h4-5,7-8,10,12,15H,2-3,6,9,11,25H2,1H3,(H,31,32). The Morgan fingerprint density at radius 2 is 2.06 bits per heavy atom. The number of nitrogens with two attached hydrogens (primary N) is 1. The van der Waals surface area contributed by atoms with Crippen LogP contribution in [0.2, 0.25) is 10.0 Å². The van der Waals surface area contributed by atoms with Crippen LogP contribution in [0.3, 0.4) is 0 Å². The maximum absolute atomic E-state index is 13.3. The van der Waals surface area contributed by atoms with Gasteiger partial charge in [-0.3, -0.25) is 9.20 Å². The van der Waals surface area contributed by atoms with Crippen molar-refractivity contribution < 1.29 is 14.7 Å². The summed E-state index contributed by atoms with van der Waals surface area (Å²) in [4.78, 5) is 32.0. The van der Waals surface area contributed by atoms with Gasteiger partial charge in [-0.2, -0.15) is 0 Å². The lowest BCUT2D eigenvalue weighted by Gasteiger charge is -2.36. The van der Waals surface area contributed by atoms with E-state index in [0.29, 0.717) is 34.4 Å². The van der Waals surface area contributed by atoms with Gasteiger partial charge in [-0.25, -0.2) is 9.78 Å². The Hall–Kier alpha value is -2.81. The van der Waals surface area contributed by atoms with Crippen LogP contribution in [0.1, 0.15) is 28.9 Å². The molecule has 1 fully saturated rings. The molecular weight excluding hydrogens is 453 g/mol. The van der Waals surface area contributed by atoms with Gasteiger partial charge >= 0.3 is 6.09 Å². The molecule has 1 unspecified atom stereocenters. The van der Waals surface area contributed by atoms with Crippen LogP contribution in [0, 0.1) is 0 Å². The number of hydrogen-bond acceptors (Lipinski definition) is 4. The van der Waals surface area contributed by atoms with Crippen molar-refractivity contribution in [2.45, 2.75) is 25.4 Å². The Bertz CT molecular complexity index is 1200. The first kappa shape index (κ1) is 22.4. The van der Waals surface area contributed by atoms with Gasteiger partial charge in [0.2, 0.25) is 0 Å². The van der Waals surface area contributed by atoms with Crippen molar-refractivity contribution in [2.75, 3.05) is 20.1 Å². The molecule has 0 spiro atoms. The summed E-state index contributed by atoms with van der Waals surface area (Å²) in [5, 5.41) is 10.3.